The molecule has 0 atom stereocenters. The van der Waals surface area contributed by atoms with Gasteiger partial charge in [0.2, 0.25) is 0 Å². The fourth-order valence-electron chi connectivity index (χ4n) is 1.80. The summed E-state index contributed by atoms with van der Waals surface area (Å²) < 4.78 is 10.2. The molecule has 0 heterocycles. The molecule has 1 fully saturated rings. The maximum atomic E-state index is 11.5. The minimum Gasteiger partial charge on any atom is -0.463 e. The maximum Gasteiger partial charge on any atom is 0.309 e. The van der Waals surface area contributed by atoms with Gasteiger partial charge < -0.3 is 9.47 Å². The number of hydrogen-bond acceptors (Lipinski definition) is 3. The lowest BCUT2D eigenvalue weighted by Crippen LogP contribution is -2.22. The summed E-state index contributed by atoms with van der Waals surface area (Å²) in [5, 5.41) is 0. The molecule has 14 heavy (non-hydrogen) atoms. The zero-order valence-corrected chi connectivity index (χ0v) is 8.96. The number of rotatable bonds is 5. The summed E-state index contributed by atoms with van der Waals surface area (Å²) in [5.74, 6) is 0.134. The van der Waals surface area contributed by atoms with Gasteiger partial charge in [-0.15, -0.1) is 0 Å². The van der Waals surface area contributed by atoms with Crippen molar-refractivity contribution in [3.8, 4) is 0 Å². The van der Waals surface area contributed by atoms with Crippen molar-refractivity contribution in [1.29, 1.82) is 0 Å². The fraction of sp³-hybridized carbons (Fsp3) is 0.909. The average Bonchev–Trinajstić information content (AvgIpc) is 2.25. The summed E-state index contributed by atoms with van der Waals surface area (Å²) in [5.41, 5.74) is 0. The Kier molecular flexibility index (Phi) is 5.60. The van der Waals surface area contributed by atoms with Gasteiger partial charge in [-0.2, -0.15) is 0 Å². The van der Waals surface area contributed by atoms with Crippen molar-refractivity contribution in [2.45, 2.75) is 39.0 Å². The summed E-state index contributed by atoms with van der Waals surface area (Å²) >= 11 is 0. The highest BCUT2D eigenvalue weighted by Gasteiger charge is 2.21. The summed E-state index contributed by atoms with van der Waals surface area (Å²) in [4.78, 5) is 11.5. The Morgan fingerprint density at radius 1 is 1.21 bits per heavy atom. The highest BCUT2D eigenvalue weighted by atomic mass is 16.6. The first kappa shape index (κ1) is 11.5. The fourth-order valence-corrected chi connectivity index (χ4v) is 1.80. The van der Waals surface area contributed by atoms with Crippen LogP contribution in [0.4, 0.5) is 0 Å². The van der Waals surface area contributed by atoms with E-state index in [1.54, 1.807) is 0 Å². The van der Waals surface area contributed by atoms with E-state index < -0.39 is 0 Å². The summed E-state index contributed by atoms with van der Waals surface area (Å²) in [7, 11) is 0. The van der Waals surface area contributed by atoms with E-state index in [0.717, 1.165) is 12.8 Å². The Labute approximate surface area is 85.8 Å². The molecule has 0 aliphatic heterocycles. The minimum atomic E-state index is -0.0237. The molecular formula is C11H20O3. The van der Waals surface area contributed by atoms with E-state index in [0.29, 0.717) is 19.8 Å². The molecular weight excluding hydrogens is 180 g/mol. The first-order valence-corrected chi connectivity index (χ1v) is 5.59. The van der Waals surface area contributed by atoms with Crippen molar-refractivity contribution < 1.29 is 14.3 Å². The second kappa shape index (κ2) is 6.82. The van der Waals surface area contributed by atoms with Crippen LogP contribution >= 0.6 is 0 Å². The molecule has 1 saturated carbocycles. The van der Waals surface area contributed by atoms with Gasteiger partial charge in [0.15, 0.2) is 0 Å². The van der Waals surface area contributed by atoms with Crippen molar-refractivity contribution in [2.75, 3.05) is 19.8 Å². The maximum absolute atomic E-state index is 11.5. The molecule has 0 amide bonds. The molecule has 1 aliphatic carbocycles. The Hall–Kier alpha value is -0.570. The van der Waals surface area contributed by atoms with E-state index in [2.05, 4.69) is 0 Å². The van der Waals surface area contributed by atoms with Crippen LogP contribution in [0.25, 0.3) is 0 Å². The van der Waals surface area contributed by atoms with Crippen LogP contribution in [0.2, 0.25) is 0 Å². The molecule has 0 saturated heterocycles. The third kappa shape index (κ3) is 4.09. The Balaban J connectivity index is 2.07. The smallest absolute Gasteiger partial charge is 0.309 e. The molecule has 3 nitrogen and oxygen atoms in total. The van der Waals surface area contributed by atoms with Gasteiger partial charge in [0, 0.05) is 6.61 Å². The molecule has 1 rings (SSSR count). The van der Waals surface area contributed by atoms with Gasteiger partial charge in [-0.3, -0.25) is 4.79 Å². The van der Waals surface area contributed by atoms with E-state index in [9.17, 15) is 4.79 Å². The second-order valence-corrected chi connectivity index (χ2v) is 3.70. The van der Waals surface area contributed by atoms with Crippen molar-refractivity contribution >= 4 is 5.97 Å². The lowest BCUT2D eigenvalue weighted by Gasteiger charge is -2.19. The number of carbonyl (C=O) groups excluding carboxylic acids is 1. The van der Waals surface area contributed by atoms with Gasteiger partial charge in [-0.05, 0) is 19.8 Å². The predicted octanol–water partition coefficient (Wildman–Crippen LogP) is 2.15. The van der Waals surface area contributed by atoms with Gasteiger partial charge in [0.1, 0.15) is 6.61 Å². The molecule has 0 bridgehead atoms. The van der Waals surface area contributed by atoms with Crippen LogP contribution in [0.3, 0.4) is 0 Å². The van der Waals surface area contributed by atoms with Crippen molar-refractivity contribution in [1.82, 2.24) is 0 Å². The number of ether oxygens (including phenoxy) is 2. The average molecular weight is 200 g/mol. The molecule has 0 unspecified atom stereocenters. The van der Waals surface area contributed by atoms with E-state index in [1.807, 2.05) is 6.92 Å². The van der Waals surface area contributed by atoms with Gasteiger partial charge >= 0.3 is 5.97 Å². The molecule has 0 radical (unpaired) electrons. The first-order chi connectivity index (χ1) is 6.84. The Bertz CT molecular complexity index is 162. The largest absolute Gasteiger partial charge is 0.463 e. The summed E-state index contributed by atoms with van der Waals surface area (Å²) in [6.07, 6.45) is 5.63. The lowest BCUT2D eigenvalue weighted by atomic mass is 9.89. The zero-order chi connectivity index (χ0) is 10.2. The first-order valence-electron chi connectivity index (χ1n) is 5.59. The lowest BCUT2D eigenvalue weighted by molar-refractivity contribution is -0.151. The number of carbonyl (C=O) groups is 1. The zero-order valence-electron chi connectivity index (χ0n) is 8.96. The van der Waals surface area contributed by atoms with E-state index in [4.69, 9.17) is 9.47 Å². The van der Waals surface area contributed by atoms with Gasteiger partial charge in [0.25, 0.3) is 0 Å². The molecule has 1 aliphatic rings. The standard InChI is InChI=1S/C11H20O3/c1-2-13-8-9-14-11(12)10-6-4-3-5-7-10/h10H,2-9H2,1H3. The van der Waals surface area contributed by atoms with Crippen LogP contribution < -0.4 is 0 Å². The summed E-state index contributed by atoms with van der Waals surface area (Å²) in [6, 6.07) is 0. The highest BCUT2D eigenvalue weighted by molar-refractivity contribution is 5.72. The highest BCUT2D eigenvalue weighted by Crippen LogP contribution is 2.24. The Morgan fingerprint density at radius 3 is 2.57 bits per heavy atom. The number of hydrogen-bond donors (Lipinski definition) is 0. The Morgan fingerprint density at radius 2 is 1.93 bits per heavy atom. The van der Waals surface area contributed by atoms with Crippen LogP contribution in [0, 0.1) is 5.92 Å². The minimum absolute atomic E-state index is 0.0237. The molecule has 0 aromatic rings. The second-order valence-electron chi connectivity index (χ2n) is 3.70. The predicted molar refractivity (Wildman–Crippen MR) is 54.0 cm³/mol. The van der Waals surface area contributed by atoms with Crippen LogP contribution in [-0.4, -0.2) is 25.8 Å². The summed E-state index contributed by atoms with van der Waals surface area (Å²) in [6.45, 7) is 3.54. The van der Waals surface area contributed by atoms with Gasteiger partial charge in [0.05, 0.1) is 12.5 Å². The van der Waals surface area contributed by atoms with Gasteiger partial charge in [-0.25, -0.2) is 0 Å². The third-order valence-corrected chi connectivity index (χ3v) is 2.61. The van der Waals surface area contributed by atoms with Crippen LogP contribution in [0.5, 0.6) is 0 Å². The molecule has 3 heteroatoms. The molecule has 0 N–H and O–H groups in total. The molecule has 0 spiro atoms. The quantitative estimate of drug-likeness (QED) is 0.504. The monoisotopic (exact) mass is 200 g/mol. The SMILES string of the molecule is CCOCCOC(=O)C1CCCCC1. The van der Waals surface area contributed by atoms with Crippen molar-refractivity contribution in [3.63, 3.8) is 0 Å². The van der Waals surface area contributed by atoms with Crippen LogP contribution in [0.15, 0.2) is 0 Å². The van der Waals surface area contributed by atoms with Crippen LogP contribution in [0.1, 0.15) is 39.0 Å². The van der Waals surface area contributed by atoms with Crippen LogP contribution in [-0.2, 0) is 14.3 Å². The molecule has 0 aromatic heterocycles. The van der Waals surface area contributed by atoms with E-state index in [1.165, 1.54) is 19.3 Å². The van der Waals surface area contributed by atoms with Crippen molar-refractivity contribution in [3.05, 3.63) is 0 Å². The van der Waals surface area contributed by atoms with E-state index in [-0.39, 0.29) is 11.9 Å². The molecule has 0 aromatic carbocycles. The topological polar surface area (TPSA) is 35.5 Å². The van der Waals surface area contributed by atoms with Crippen molar-refractivity contribution in [2.24, 2.45) is 5.92 Å². The molecule has 82 valence electrons. The van der Waals surface area contributed by atoms with Gasteiger partial charge in [-0.1, -0.05) is 19.3 Å². The normalized spacial score (nSPS) is 18.1. The van der Waals surface area contributed by atoms with E-state index >= 15 is 0 Å². The number of esters is 1. The third-order valence-electron chi connectivity index (χ3n) is 2.61.